The van der Waals surface area contributed by atoms with Crippen LogP contribution in [-0.2, 0) is 17.6 Å². The lowest BCUT2D eigenvalue weighted by atomic mass is 9.96. The second kappa shape index (κ2) is 10.3. The average Bonchev–Trinajstić information content (AvgIpc) is 3.23. The number of H-pyrrole nitrogens is 2. The number of carbonyl (C=O) groups is 2. The van der Waals surface area contributed by atoms with E-state index in [9.17, 15) is 19.5 Å². The highest BCUT2D eigenvalue weighted by Crippen LogP contribution is 2.24. The van der Waals surface area contributed by atoms with E-state index in [1.807, 2.05) is 54.1 Å². The summed E-state index contributed by atoms with van der Waals surface area (Å²) in [6, 6.07) is 13.3. The SMILES string of the molecule is Cc1cc(C(=O)[O-])sc1CCc1cc2c(=O)[nH]c(NC(=O)C(C)(C)C)[nH+]c2[n+]([C@H](C)c2ccccc2)c1. The number of amides is 1. The quantitative estimate of drug-likeness (QED) is 0.365. The molecule has 1 aromatic carbocycles. The van der Waals surface area contributed by atoms with Crippen molar-refractivity contribution in [2.24, 2.45) is 5.41 Å². The van der Waals surface area contributed by atoms with E-state index in [1.165, 1.54) is 11.3 Å². The molecule has 0 unspecified atom stereocenters. The molecule has 1 amide bonds. The first-order valence-electron chi connectivity index (χ1n) is 12.1. The number of benzene rings is 1. The first kappa shape index (κ1) is 26.2. The molecule has 3 heterocycles. The van der Waals surface area contributed by atoms with Crippen molar-refractivity contribution in [1.29, 1.82) is 0 Å². The molecule has 0 aliphatic heterocycles. The molecule has 192 valence electrons. The van der Waals surface area contributed by atoms with E-state index in [0.717, 1.165) is 21.6 Å². The van der Waals surface area contributed by atoms with Gasteiger partial charge in [0.15, 0.2) is 5.39 Å². The van der Waals surface area contributed by atoms with Crippen molar-refractivity contribution in [2.45, 2.75) is 53.5 Å². The van der Waals surface area contributed by atoms with Crippen LogP contribution in [-0.4, -0.2) is 16.9 Å². The highest BCUT2D eigenvalue weighted by molar-refractivity contribution is 7.14. The lowest BCUT2D eigenvalue weighted by molar-refractivity contribution is -0.716. The smallest absolute Gasteiger partial charge is 0.451 e. The third kappa shape index (κ3) is 5.77. The van der Waals surface area contributed by atoms with E-state index in [2.05, 4.69) is 22.2 Å². The van der Waals surface area contributed by atoms with Gasteiger partial charge in [0, 0.05) is 4.88 Å². The number of aromatic amines is 2. The molecule has 0 aliphatic carbocycles. The van der Waals surface area contributed by atoms with Crippen molar-refractivity contribution >= 4 is 40.2 Å². The van der Waals surface area contributed by atoms with Gasteiger partial charge in [0.1, 0.15) is 6.04 Å². The predicted octanol–water partition coefficient (Wildman–Crippen LogP) is 2.74. The Morgan fingerprint density at radius 2 is 1.86 bits per heavy atom. The summed E-state index contributed by atoms with van der Waals surface area (Å²) in [7, 11) is 0. The number of pyridine rings is 1. The van der Waals surface area contributed by atoms with E-state index in [1.54, 1.807) is 26.8 Å². The number of nitrogens with zero attached hydrogens (tertiary/aromatic N) is 1. The summed E-state index contributed by atoms with van der Waals surface area (Å²) in [5, 5.41) is 14.5. The molecule has 0 fully saturated rings. The Kier molecular flexibility index (Phi) is 7.27. The number of aromatic carboxylic acids is 1. The van der Waals surface area contributed by atoms with Crippen molar-refractivity contribution in [3.8, 4) is 0 Å². The zero-order valence-corrected chi connectivity index (χ0v) is 22.4. The average molecular weight is 520 g/mol. The zero-order chi connectivity index (χ0) is 26.9. The molecule has 0 radical (unpaired) electrons. The molecule has 0 bridgehead atoms. The van der Waals surface area contributed by atoms with Crippen LogP contribution in [0.15, 0.2) is 53.5 Å². The summed E-state index contributed by atoms with van der Waals surface area (Å²) >= 11 is 1.23. The van der Waals surface area contributed by atoms with E-state index in [0.29, 0.717) is 23.9 Å². The molecule has 4 rings (SSSR count). The van der Waals surface area contributed by atoms with Crippen LogP contribution < -0.4 is 25.5 Å². The molecule has 37 heavy (non-hydrogen) atoms. The fourth-order valence-electron chi connectivity index (χ4n) is 4.13. The minimum absolute atomic E-state index is 0.110. The lowest BCUT2D eigenvalue weighted by Gasteiger charge is -2.15. The number of rotatable bonds is 7. The Hall–Kier alpha value is -3.85. The molecular formula is C28H31N4O4S+. The van der Waals surface area contributed by atoms with Crippen LogP contribution in [0.5, 0.6) is 0 Å². The third-order valence-corrected chi connectivity index (χ3v) is 7.63. The highest BCUT2D eigenvalue weighted by atomic mass is 32.1. The Bertz CT molecular complexity index is 1530. The fraction of sp³-hybridized carbons (Fsp3) is 0.321. The van der Waals surface area contributed by atoms with Gasteiger partial charge < -0.3 is 9.90 Å². The number of aromatic nitrogens is 3. The maximum Gasteiger partial charge on any atom is 0.451 e. The van der Waals surface area contributed by atoms with Crippen LogP contribution in [0.1, 0.15) is 65.0 Å². The van der Waals surface area contributed by atoms with Gasteiger partial charge >= 0.3 is 23.1 Å². The van der Waals surface area contributed by atoms with Gasteiger partial charge in [0.2, 0.25) is 0 Å². The topological polar surface area (TPSA) is 120 Å². The van der Waals surface area contributed by atoms with E-state index in [-0.39, 0.29) is 28.3 Å². The molecule has 4 aromatic rings. The second-order valence-electron chi connectivity index (χ2n) is 10.3. The number of carboxylic acids is 1. The molecule has 0 aliphatic rings. The van der Waals surface area contributed by atoms with Crippen molar-refractivity contribution in [2.75, 3.05) is 5.32 Å². The third-order valence-electron chi connectivity index (χ3n) is 6.36. The summed E-state index contributed by atoms with van der Waals surface area (Å²) in [6.07, 6.45) is 3.26. The predicted molar refractivity (Wildman–Crippen MR) is 140 cm³/mol. The first-order chi connectivity index (χ1) is 17.4. The van der Waals surface area contributed by atoms with Crippen LogP contribution in [0.2, 0.25) is 0 Å². The van der Waals surface area contributed by atoms with Gasteiger partial charge in [-0.1, -0.05) is 30.3 Å². The summed E-state index contributed by atoms with van der Waals surface area (Å²) in [4.78, 5) is 44.2. The maximum absolute atomic E-state index is 13.2. The number of aryl methyl sites for hydroxylation is 3. The Morgan fingerprint density at radius 3 is 2.49 bits per heavy atom. The number of anilines is 1. The minimum Gasteiger partial charge on any atom is -0.544 e. The Morgan fingerprint density at radius 1 is 1.16 bits per heavy atom. The monoisotopic (exact) mass is 519 g/mol. The highest BCUT2D eigenvalue weighted by Gasteiger charge is 2.30. The van der Waals surface area contributed by atoms with E-state index < -0.39 is 11.4 Å². The first-order valence-corrected chi connectivity index (χ1v) is 13.0. The largest absolute Gasteiger partial charge is 0.544 e. The molecule has 0 saturated carbocycles. The minimum atomic E-state index is -1.17. The number of nitrogens with one attached hydrogen (secondary N) is 3. The van der Waals surface area contributed by atoms with Crippen molar-refractivity contribution in [3.05, 3.63) is 85.5 Å². The number of carboxylic acid groups (broad SMARTS) is 1. The fourth-order valence-corrected chi connectivity index (χ4v) is 5.14. The lowest BCUT2D eigenvalue weighted by Crippen LogP contribution is -2.45. The van der Waals surface area contributed by atoms with Crippen LogP contribution in [0.25, 0.3) is 11.0 Å². The van der Waals surface area contributed by atoms with Crippen molar-refractivity contribution in [3.63, 3.8) is 0 Å². The van der Waals surface area contributed by atoms with Gasteiger partial charge in [-0.05, 0) is 76.3 Å². The molecule has 0 spiro atoms. The maximum atomic E-state index is 13.2. The number of hydrogen-bond donors (Lipinski definition) is 2. The van der Waals surface area contributed by atoms with E-state index >= 15 is 0 Å². The molecule has 3 N–H and O–H groups in total. The molecule has 9 heteroatoms. The van der Waals surface area contributed by atoms with E-state index in [4.69, 9.17) is 0 Å². The molecule has 3 aromatic heterocycles. The second-order valence-corrected chi connectivity index (χ2v) is 11.4. The van der Waals surface area contributed by atoms with Crippen LogP contribution >= 0.6 is 11.3 Å². The summed E-state index contributed by atoms with van der Waals surface area (Å²) < 4.78 is 2.01. The van der Waals surface area contributed by atoms with Crippen LogP contribution in [0.3, 0.4) is 0 Å². The van der Waals surface area contributed by atoms with Gasteiger partial charge in [0.05, 0.1) is 22.5 Å². The summed E-state index contributed by atoms with van der Waals surface area (Å²) in [5.41, 5.74) is 2.55. The van der Waals surface area contributed by atoms with Crippen LogP contribution in [0, 0.1) is 12.3 Å². The molecule has 1 atom stereocenters. The van der Waals surface area contributed by atoms with Crippen molar-refractivity contribution in [1.82, 2.24) is 4.98 Å². The number of hydrogen-bond acceptors (Lipinski definition) is 5. The summed E-state index contributed by atoms with van der Waals surface area (Å²) in [6.45, 7) is 9.35. The Labute approximate surface area is 219 Å². The van der Waals surface area contributed by atoms with Crippen molar-refractivity contribution < 1.29 is 24.2 Å². The number of carbonyl (C=O) groups excluding carboxylic acids is 2. The van der Waals surface area contributed by atoms with Gasteiger partial charge in [0.25, 0.3) is 0 Å². The normalized spacial score (nSPS) is 12.5. The Balaban J connectivity index is 1.78. The van der Waals surface area contributed by atoms with Gasteiger partial charge in [-0.25, -0.2) is 14.2 Å². The molecular weight excluding hydrogens is 488 g/mol. The number of fused-ring (bicyclic) bond motifs is 1. The standard InChI is InChI=1S/C28H30N4O4S/c1-16-13-22(25(34)35)37-21(16)12-11-18-14-20-23(32(15-18)17(2)19-9-7-6-8-10-19)29-27(30-24(20)33)31-26(36)28(3,4)5/h6-10,13-15,17H,11-12H2,1-5H3,(H2,30,31,33,34,35,36)/p+1/t17-/m1/s1. The van der Waals surface area contributed by atoms with Crippen LogP contribution in [0.4, 0.5) is 5.95 Å². The molecule has 8 nitrogen and oxygen atoms in total. The van der Waals surface area contributed by atoms with Gasteiger partial charge in [-0.2, -0.15) is 15.3 Å². The molecule has 0 saturated heterocycles. The van der Waals surface area contributed by atoms with Gasteiger partial charge in [-0.15, -0.1) is 11.3 Å². The van der Waals surface area contributed by atoms with Gasteiger partial charge in [-0.3, -0.25) is 0 Å². The zero-order valence-electron chi connectivity index (χ0n) is 21.6. The summed E-state index contributed by atoms with van der Waals surface area (Å²) in [5.74, 6) is -1.17. The number of thiophene rings is 1.